The molecule has 12 heavy (non-hydrogen) atoms. The molecule has 0 bridgehead atoms. The maximum Gasteiger partial charge on any atom is 0.490 e. The number of rotatable bonds is 1. The van der Waals surface area contributed by atoms with E-state index in [4.69, 9.17) is 15.3 Å². The molecule has 2 N–H and O–H groups in total. The molecule has 0 aliphatic carbocycles. The Morgan fingerprint density at radius 2 is 1.67 bits per heavy atom. The van der Waals surface area contributed by atoms with E-state index < -0.39 is 12.1 Å². The molecule has 0 aromatic rings. The lowest BCUT2D eigenvalue weighted by molar-refractivity contribution is -0.192. The van der Waals surface area contributed by atoms with Crippen molar-refractivity contribution in [2.45, 2.75) is 6.18 Å². The van der Waals surface area contributed by atoms with Crippen LogP contribution in [-0.2, 0) is 4.79 Å². The Hall–Kier alpha value is -1.27. The summed E-state index contributed by atoms with van der Waals surface area (Å²) < 4.78 is 31.7. The van der Waals surface area contributed by atoms with E-state index in [2.05, 4.69) is 0 Å². The van der Waals surface area contributed by atoms with E-state index in [-0.39, 0.29) is 0 Å². The molecule has 72 valence electrons. The molecule has 0 aromatic carbocycles. The zero-order valence-electron chi connectivity index (χ0n) is 6.51. The molecular formula is C5H9F3N2O2. The summed E-state index contributed by atoms with van der Waals surface area (Å²) >= 11 is 0. The van der Waals surface area contributed by atoms with Crippen LogP contribution in [-0.4, -0.2) is 42.6 Å². The number of hydrogen-bond donors (Lipinski definition) is 2. The number of halogens is 3. The van der Waals surface area contributed by atoms with Gasteiger partial charge in [0.2, 0.25) is 0 Å². The van der Waals surface area contributed by atoms with Gasteiger partial charge in [0.05, 0.1) is 6.34 Å². The Bertz CT molecular complexity index is 155. The van der Waals surface area contributed by atoms with Crippen molar-refractivity contribution >= 4 is 12.3 Å². The Kier molecular flexibility index (Phi) is 5.99. The molecule has 0 rings (SSSR count). The van der Waals surface area contributed by atoms with Crippen molar-refractivity contribution in [1.29, 1.82) is 5.41 Å². The molecule has 0 saturated heterocycles. The summed E-state index contributed by atoms with van der Waals surface area (Å²) in [5.41, 5.74) is 0. The third-order valence-corrected chi connectivity index (χ3v) is 0.501. The normalized spacial score (nSPS) is 9.42. The Morgan fingerprint density at radius 3 is 1.67 bits per heavy atom. The first kappa shape index (κ1) is 13.3. The van der Waals surface area contributed by atoms with Crippen molar-refractivity contribution in [1.82, 2.24) is 4.90 Å². The minimum Gasteiger partial charge on any atom is -0.475 e. The number of alkyl halides is 3. The van der Waals surface area contributed by atoms with Gasteiger partial charge in [-0.05, 0) is 0 Å². The van der Waals surface area contributed by atoms with Gasteiger partial charge in [0, 0.05) is 14.1 Å². The van der Waals surface area contributed by atoms with Crippen molar-refractivity contribution in [3.8, 4) is 0 Å². The SMILES string of the molecule is CN(C)C=N.O=C(O)C(F)(F)F. The van der Waals surface area contributed by atoms with Gasteiger partial charge in [0.25, 0.3) is 0 Å². The number of carboxylic acids is 1. The summed E-state index contributed by atoms with van der Waals surface area (Å²) in [6.07, 6.45) is -3.83. The molecule has 0 aliphatic heterocycles. The molecule has 0 spiro atoms. The van der Waals surface area contributed by atoms with Crippen molar-refractivity contribution < 1.29 is 23.1 Å². The van der Waals surface area contributed by atoms with Gasteiger partial charge >= 0.3 is 12.1 Å². The molecule has 7 heteroatoms. The second kappa shape index (κ2) is 5.39. The first-order valence-corrected chi connectivity index (χ1v) is 2.69. The van der Waals surface area contributed by atoms with Gasteiger partial charge in [-0.3, -0.25) is 5.41 Å². The van der Waals surface area contributed by atoms with Crippen LogP contribution in [0.1, 0.15) is 0 Å². The topological polar surface area (TPSA) is 64.4 Å². The summed E-state index contributed by atoms with van der Waals surface area (Å²) in [5, 5.41) is 13.6. The van der Waals surface area contributed by atoms with E-state index in [0.717, 1.165) is 0 Å². The highest BCUT2D eigenvalue weighted by Crippen LogP contribution is 2.13. The minimum atomic E-state index is -5.08. The monoisotopic (exact) mass is 186 g/mol. The van der Waals surface area contributed by atoms with Crippen molar-refractivity contribution in [3.05, 3.63) is 0 Å². The van der Waals surface area contributed by atoms with Crippen molar-refractivity contribution in [2.24, 2.45) is 0 Å². The molecule has 0 saturated carbocycles. The van der Waals surface area contributed by atoms with Gasteiger partial charge in [-0.1, -0.05) is 0 Å². The highest BCUT2D eigenvalue weighted by atomic mass is 19.4. The van der Waals surface area contributed by atoms with Crippen LogP contribution in [0.5, 0.6) is 0 Å². The van der Waals surface area contributed by atoms with Crippen LogP contribution in [0.3, 0.4) is 0 Å². The van der Waals surface area contributed by atoms with Gasteiger partial charge in [-0.25, -0.2) is 4.79 Å². The molecule has 4 nitrogen and oxygen atoms in total. The van der Waals surface area contributed by atoms with Gasteiger partial charge in [0.15, 0.2) is 0 Å². The van der Waals surface area contributed by atoms with Gasteiger partial charge in [0.1, 0.15) is 0 Å². The molecule has 0 fully saturated rings. The van der Waals surface area contributed by atoms with E-state index in [1.165, 1.54) is 6.34 Å². The fourth-order valence-electron chi connectivity index (χ4n) is 0. The third-order valence-electron chi connectivity index (χ3n) is 0.501. The summed E-state index contributed by atoms with van der Waals surface area (Å²) in [6.45, 7) is 0. The number of carbonyl (C=O) groups is 1. The average Bonchev–Trinajstić information content (AvgIpc) is 1.87. The van der Waals surface area contributed by atoms with Crippen LogP contribution in [0.2, 0.25) is 0 Å². The lowest BCUT2D eigenvalue weighted by atomic mass is 10.7. The van der Waals surface area contributed by atoms with E-state index in [0.29, 0.717) is 0 Å². The fourth-order valence-corrected chi connectivity index (χ4v) is 0. The second-order valence-electron chi connectivity index (χ2n) is 1.90. The molecule has 0 atom stereocenters. The average molecular weight is 186 g/mol. The third kappa shape index (κ3) is 11.5. The lowest BCUT2D eigenvalue weighted by Gasteiger charge is -1.96. The number of hydrogen-bond acceptors (Lipinski definition) is 2. The lowest BCUT2D eigenvalue weighted by Crippen LogP contribution is -2.21. The van der Waals surface area contributed by atoms with Crippen LogP contribution in [0.25, 0.3) is 0 Å². The molecule has 0 radical (unpaired) electrons. The summed E-state index contributed by atoms with van der Waals surface area (Å²) in [6, 6.07) is 0. The summed E-state index contributed by atoms with van der Waals surface area (Å²) in [4.78, 5) is 10.6. The summed E-state index contributed by atoms with van der Waals surface area (Å²) in [7, 11) is 3.62. The number of nitrogens with one attached hydrogen (secondary N) is 1. The van der Waals surface area contributed by atoms with E-state index >= 15 is 0 Å². The second-order valence-corrected chi connectivity index (χ2v) is 1.90. The zero-order chi connectivity index (χ0) is 10.4. The van der Waals surface area contributed by atoms with Crippen molar-refractivity contribution in [2.75, 3.05) is 14.1 Å². The van der Waals surface area contributed by atoms with E-state index in [9.17, 15) is 13.2 Å². The highest BCUT2D eigenvalue weighted by molar-refractivity contribution is 5.73. The van der Waals surface area contributed by atoms with Gasteiger partial charge < -0.3 is 10.0 Å². The predicted molar refractivity (Wildman–Crippen MR) is 36.2 cm³/mol. The molecule has 0 amide bonds. The maximum absolute atomic E-state index is 10.6. The minimum absolute atomic E-state index is 1.25. The van der Waals surface area contributed by atoms with Crippen LogP contribution >= 0.6 is 0 Å². The Balaban J connectivity index is 0. The first-order chi connectivity index (χ1) is 5.21. The molecule has 0 aromatic heterocycles. The highest BCUT2D eigenvalue weighted by Gasteiger charge is 2.38. The quantitative estimate of drug-likeness (QED) is 0.470. The van der Waals surface area contributed by atoms with Gasteiger partial charge in [-0.2, -0.15) is 13.2 Å². The molecular weight excluding hydrogens is 177 g/mol. The summed E-state index contributed by atoms with van der Waals surface area (Å²) in [5.74, 6) is -2.76. The predicted octanol–water partition coefficient (Wildman–Crippen LogP) is 0.788. The fraction of sp³-hybridized carbons (Fsp3) is 0.600. The molecule has 0 aliphatic rings. The van der Waals surface area contributed by atoms with Crippen LogP contribution in [0.15, 0.2) is 0 Å². The Morgan fingerprint density at radius 1 is 1.50 bits per heavy atom. The van der Waals surface area contributed by atoms with Gasteiger partial charge in [-0.15, -0.1) is 0 Å². The molecule has 0 heterocycles. The van der Waals surface area contributed by atoms with E-state index in [1.807, 2.05) is 14.1 Å². The number of aliphatic carboxylic acids is 1. The molecule has 0 unspecified atom stereocenters. The van der Waals surface area contributed by atoms with Crippen LogP contribution in [0.4, 0.5) is 13.2 Å². The van der Waals surface area contributed by atoms with Crippen LogP contribution < -0.4 is 0 Å². The van der Waals surface area contributed by atoms with Crippen molar-refractivity contribution in [3.63, 3.8) is 0 Å². The number of nitrogens with zero attached hydrogens (tertiary/aromatic N) is 1. The number of carboxylic acid groups (broad SMARTS) is 1. The Labute approximate surface area is 67.1 Å². The largest absolute Gasteiger partial charge is 0.490 e. The zero-order valence-corrected chi connectivity index (χ0v) is 6.51. The smallest absolute Gasteiger partial charge is 0.475 e. The maximum atomic E-state index is 10.6. The standard InChI is InChI=1S/C3H8N2.C2HF3O2/c1-5(2)3-4;3-2(4,5)1(6)7/h3-4H,1-2H3;(H,6,7). The first-order valence-electron chi connectivity index (χ1n) is 2.69. The van der Waals surface area contributed by atoms with E-state index in [1.54, 1.807) is 4.90 Å². The van der Waals surface area contributed by atoms with Crippen LogP contribution in [0, 0.1) is 5.41 Å².